The second-order valence-electron chi connectivity index (χ2n) is 3.80. The lowest BCUT2D eigenvalue weighted by Gasteiger charge is -2.30. The second kappa shape index (κ2) is 7.51. The summed E-state index contributed by atoms with van der Waals surface area (Å²) >= 11 is 4.08. The van der Waals surface area contributed by atoms with Crippen molar-refractivity contribution in [3.63, 3.8) is 0 Å². The maximum atomic E-state index is 8.97. The van der Waals surface area contributed by atoms with Gasteiger partial charge in [-0.1, -0.05) is 0 Å². The Balaban J connectivity index is 1.98. The van der Waals surface area contributed by atoms with Crippen molar-refractivity contribution >= 4 is 12.6 Å². The van der Waals surface area contributed by atoms with Crippen LogP contribution in [0.25, 0.3) is 0 Å². The van der Waals surface area contributed by atoms with Gasteiger partial charge in [-0.15, -0.1) is 0 Å². The smallest absolute Gasteiger partial charge is 0.0593 e. The number of hydrogen-bond acceptors (Lipinski definition) is 4. The lowest BCUT2D eigenvalue weighted by Crippen LogP contribution is -2.36. The van der Waals surface area contributed by atoms with Gasteiger partial charge in [0.2, 0.25) is 0 Å². The molecule has 0 spiro atoms. The molecule has 1 saturated heterocycles. The molecule has 1 aliphatic heterocycles. The van der Waals surface area contributed by atoms with Crippen molar-refractivity contribution in [2.24, 2.45) is 5.92 Å². The predicted octanol–water partition coefficient (Wildman–Crippen LogP) is 0.637. The van der Waals surface area contributed by atoms with Crippen molar-refractivity contribution in [3.05, 3.63) is 0 Å². The van der Waals surface area contributed by atoms with Gasteiger partial charge in [0.05, 0.1) is 13.2 Å². The van der Waals surface area contributed by atoms with Crippen LogP contribution in [0.3, 0.4) is 0 Å². The zero-order chi connectivity index (χ0) is 10.2. The topological polar surface area (TPSA) is 32.7 Å². The van der Waals surface area contributed by atoms with Crippen molar-refractivity contribution in [1.82, 2.24) is 4.90 Å². The van der Waals surface area contributed by atoms with Crippen LogP contribution in [-0.4, -0.2) is 55.2 Å². The van der Waals surface area contributed by atoms with Crippen LogP contribution in [0.15, 0.2) is 0 Å². The van der Waals surface area contributed by atoms with E-state index in [1.165, 1.54) is 0 Å². The van der Waals surface area contributed by atoms with Gasteiger partial charge in [0.1, 0.15) is 0 Å². The van der Waals surface area contributed by atoms with Crippen LogP contribution in [0, 0.1) is 5.92 Å². The molecule has 0 bridgehead atoms. The molecular weight excluding hydrogens is 198 g/mol. The first-order valence-electron chi connectivity index (χ1n) is 5.38. The number of ether oxygens (including phenoxy) is 1. The third-order valence-electron chi connectivity index (χ3n) is 2.75. The summed E-state index contributed by atoms with van der Waals surface area (Å²) in [6.45, 7) is 5.14. The van der Waals surface area contributed by atoms with E-state index in [1.807, 2.05) is 0 Å². The molecule has 0 atom stereocenters. The maximum absolute atomic E-state index is 8.97. The summed E-state index contributed by atoms with van der Waals surface area (Å²) in [5.74, 6) is 1.33. The van der Waals surface area contributed by atoms with E-state index >= 15 is 0 Å². The van der Waals surface area contributed by atoms with Crippen molar-refractivity contribution in [3.8, 4) is 0 Å². The Morgan fingerprint density at radius 1 is 1.29 bits per heavy atom. The highest BCUT2D eigenvalue weighted by molar-refractivity contribution is 7.80. The Morgan fingerprint density at radius 3 is 2.57 bits per heavy atom. The molecule has 4 heteroatoms. The normalized spacial score (nSPS) is 20.1. The second-order valence-corrected chi connectivity index (χ2v) is 4.25. The van der Waals surface area contributed by atoms with Gasteiger partial charge < -0.3 is 14.7 Å². The fourth-order valence-electron chi connectivity index (χ4n) is 1.75. The van der Waals surface area contributed by atoms with E-state index in [0.717, 1.165) is 51.4 Å². The van der Waals surface area contributed by atoms with Gasteiger partial charge in [-0.25, -0.2) is 0 Å². The Kier molecular flexibility index (Phi) is 6.60. The van der Waals surface area contributed by atoms with Gasteiger partial charge in [-0.3, -0.25) is 0 Å². The molecule has 3 nitrogen and oxygen atoms in total. The van der Waals surface area contributed by atoms with E-state index in [2.05, 4.69) is 17.5 Å². The molecule has 1 heterocycles. The van der Waals surface area contributed by atoms with Crippen LogP contribution < -0.4 is 0 Å². The molecular formula is C10H21NO2S. The molecule has 1 aliphatic rings. The first-order valence-corrected chi connectivity index (χ1v) is 6.02. The number of aliphatic hydroxyl groups is 1. The summed E-state index contributed by atoms with van der Waals surface area (Å²) < 4.78 is 5.37. The van der Waals surface area contributed by atoms with Gasteiger partial charge in [-0.05, 0) is 31.8 Å². The third kappa shape index (κ3) is 4.64. The SMILES string of the molecule is OCC1CCN(CCOCCS)CC1. The molecule has 0 aromatic carbocycles. The van der Waals surface area contributed by atoms with E-state index < -0.39 is 0 Å². The van der Waals surface area contributed by atoms with Crippen molar-refractivity contribution in [2.75, 3.05) is 45.2 Å². The van der Waals surface area contributed by atoms with Gasteiger partial charge in [0.25, 0.3) is 0 Å². The first kappa shape index (κ1) is 12.3. The fraction of sp³-hybridized carbons (Fsp3) is 1.00. The molecule has 1 rings (SSSR count). The van der Waals surface area contributed by atoms with Crippen LogP contribution >= 0.6 is 12.6 Å². The standard InChI is InChI=1S/C10H21NO2S/c12-9-10-1-3-11(4-2-10)5-6-13-7-8-14/h10,12,14H,1-9H2. The zero-order valence-electron chi connectivity index (χ0n) is 8.69. The summed E-state index contributed by atoms with van der Waals surface area (Å²) in [5.41, 5.74) is 0. The average molecular weight is 219 g/mol. The average Bonchev–Trinajstić information content (AvgIpc) is 2.25. The molecule has 0 radical (unpaired) electrons. The number of likely N-dealkylation sites (tertiary alicyclic amines) is 1. The van der Waals surface area contributed by atoms with Gasteiger partial charge in [0, 0.05) is 18.9 Å². The molecule has 0 amide bonds. The Labute approximate surface area is 91.8 Å². The lowest BCUT2D eigenvalue weighted by molar-refractivity contribution is 0.0850. The monoisotopic (exact) mass is 219 g/mol. The highest BCUT2D eigenvalue weighted by Gasteiger charge is 2.17. The summed E-state index contributed by atoms with van der Waals surface area (Å²) in [5, 5.41) is 8.97. The molecule has 0 unspecified atom stereocenters. The highest BCUT2D eigenvalue weighted by Crippen LogP contribution is 2.15. The zero-order valence-corrected chi connectivity index (χ0v) is 9.59. The molecule has 0 saturated carbocycles. The van der Waals surface area contributed by atoms with Crippen molar-refractivity contribution in [2.45, 2.75) is 12.8 Å². The summed E-state index contributed by atoms with van der Waals surface area (Å²) in [7, 11) is 0. The van der Waals surface area contributed by atoms with Gasteiger partial charge in [-0.2, -0.15) is 12.6 Å². The van der Waals surface area contributed by atoms with E-state index in [9.17, 15) is 0 Å². The number of nitrogens with zero attached hydrogens (tertiary/aromatic N) is 1. The van der Waals surface area contributed by atoms with Crippen LogP contribution in [0.4, 0.5) is 0 Å². The number of rotatable bonds is 6. The van der Waals surface area contributed by atoms with Crippen molar-refractivity contribution in [1.29, 1.82) is 0 Å². The van der Waals surface area contributed by atoms with E-state index in [-0.39, 0.29) is 0 Å². The first-order chi connectivity index (χ1) is 6.86. The molecule has 0 aromatic rings. The number of piperidine rings is 1. The minimum atomic E-state index is 0.351. The van der Waals surface area contributed by atoms with E-state index in [4.69, 9.17) is 9.84 Å². The van der Waals surface area contributed by atoms with Crippen LogP contribution in [0.5, 0.6) is 0 Å². The summed E-state index contributed by atoms with van der Waals surface area (Å²) in [6, 6.07) is 0. The fourth-order valence-corrected chi connectivity index (χ4v) is 1.88. The van der Waals surface area contributed by atoms with E-state index in [1.54, 1.807) is 0 Å². The summed E-state index contributed by atoms with van der Waals surface area (Å²) in [4.78, 5) is 2.41. The van der Waals surface area contributed by atoms with Crippen LogP contribution in [0.1, 0.15) is 12.8 Å². The van der Waals surface area contributed by atoms with Crippen LogP contribution in [0.2, 0.25) is 0 Å². The Bertz CT molecular complexity index is 138. The number of thiol groups is 1. The third-order valence-corrected chi connectivity index (χ3v) is 2.94. The lowest BCUT2D eigenvalue weighted by atomic mass is 9.98. The molecule has 14 heavy (non-hydrogen) atoms. The van der Waals surface area contributed by atoms with Gasteiger partial charge >= 0.3 is 0 Å². The Morgan fingerprint density at radius 2 is 2.00 bits per heavy atom. The number of aliphatic hydroxyl groups excluding tert-OH is 1. The molecule has 1 N–H and O–H groups in total. The maximum Gasteiger partial charge on any atom is 0.0593 e. The quantitative estimate of drug-likeness (QED) is 0.508. The molecule has 0 aromatic heterocycles. The van der Waals surface area contributed by atoms with E-state index in [0.29, 0.717) is 12.5 Å². The summed E-state index contributed by atoms with van der Waals surface area (Å²) in [6.07, 6.45) is 2.26. The van der Waals surface area contributed by atoms with Gasteiger partial charge in [0.15, 0.2) is 0 Å². The highest BCUT2D eigenvalue weighted by atomic mass is 32.1. The minimum absolute atomic E-state index is 0.351. The van der Waals surface area contributed by atoms with Crippen LogP contribution in [-0.2, 0) is 4.74 Å². The molecule has 84 valence electrons. The van der Waals surface area contributed by atoms with Crippen molar-refractivity contribution < 1.29 is 9.84 Å². The predicted molar refractivity (Wildman–Crippen MR) is 60.9 cm³/mol. The largest absolute Gasteiger partial charge is 0.396 e. The minimum Gasteiger partial charge on any atom is -0.396 e. The molecule has 1 fully saturated rings. The Hall–Kier alpha value is 0.230. The number of hydrogen-bond donors (Lipinski definition) is 2. The molecule has 0 aliphatic carbocycles.